The highest BCUT2D eigenvalue weighted by Crippen LogP contribution is 2.25. The fraction of sp³-hybridized carbons (Fsp3) is 0.667. The van der Waals surface area contributed by atoms with Gasteiger partial charge in [-0.15, -0.1) is 0 Å². The van der Waals surface area contributed by atoms with Gasteiger partial charge in [-0.05, 0) is 36.4 Å². The van der Waals surface area contributed by atoms with Gasteiger partial charge in [-0.2, -0.15) is 0 Å². The lowest BCUT2D eigenvalue weighted by atomic mass is 10.0. The Morgan fingerprint density at radius 1 is 0.550 bits per heavy atom. The van der Waals surface area contributed by atoms with Crippen LogP contribution in [0.25, 0.3) is 0 Å². The molecule has 228 valence electrons. The Hall–Kier alpha value is -1.13. The third-order valence-electron chi connectivity index (χ3n) is 8.26. The Labute approximate surface area is 257 Å². The van der Waals surface area contributed by atoms with Crippen molar-refractivity contribution in [3.63, 3.8) is 0 Å². The fourth-order valence-corrected chi connectivity index (χ4v) is 6.90. The first kappa shape index (κ1) is 36.9. The Morgan fingerprint density at radius 3 is 1.35 bits per heavy atom. The topological polar surface area (TPSA) is 9.23 Å². The van der Waals surface area contributed by atoms with Crippen LogP contribution in [-0.4, -0.2) is 41.4 Å². The van der Waals surface area contributed by atoms with Gasteiger partial charge in [-0.25, -0.2) is 0 Å². The largest absolute Gasteiger partial charge is 1.00 e. The molecule has 0 aliphatic heterocycles. The van der Waals surface area contributed by atoms with E-state index in [4.69, 9.17) is 4.43 Å². The third kappa shape index (κ3) is 18.3. The summed E-state index contributed by atoms with van der Waals surface area (Å²) in [6, 6.07) is 22.7. The highest BCUT2D eigenvalue weighted by Gasteiger charge is 2.16. The fourth-order valence-electron chi connectivity index (χ4n) is 5.68. The molecule has 0 bridgehead atoms. The second-order valence-electron chi connectivity index (χ2n) is 12.5. The molecule has 0 aromatic heterocycles. The highest BCUT2D eigenvalue weighted by atomic mass is 35.5. The van der Waals surface area contributed by atoms with Crippen molar-refractivity contribution in [1.82, 2.24) is 0 Å². The van der Waals surface area contributed by atoms with Gasteiger partial charge < -0.3 is 21.3 Å². The van der Waals surface area contributed by atoms with Crippen molar-refractivity contribution in [2.24, 2.45) is 0 Å². The Balaban J connectivity index is 0.00000800. The molecule has 4 heteroatoms. The molecule has 0 saturated heterocycles. The first-order valence-corrected chi connectivity index (χ1v) is 18.2. The lowest BCUT2D eigenvalue weighted by Gasteiger charge is -2.30. The number of benzene rings is 2. The molecule has 0 saturated carbocycles. The van der Waals surface area contributed by atoms with Crippen LogP contribution in [0.15, 0.2) is 60.7 Å². The van der Waals surface area contributed by atoms with E-state index < -0.39 is 9.76 Å². The van der Waals surface area contributed by atoms with Crippen LogP contribution in [0, 0.1) is 0 Å². The Bertz CT molecular complexity index is 761. The number of quaternary nitrogens is 1. The summed E-state index contributed by atoms with van der Waals surface area (Å²) in [7, 11) is 4.29. The summed E-state index contributed by atoms with van der Waals surface area (Å²) < 4.78 is 7.72. The quantitative estimate of drug-likeness (QED) is 0.0688. The summed E-state index contributed by atoms with van der Waals surface area (Å²) in [5.41, 5.74) is 2.55. The average Bonchev–Trinajstić information content (AvgIpc) is 2.95. The van der Waals surface area contributed by atoms with Crippen molar-refractivity contribution in [2.45, 2.75) is 128 Å². The molecule has 40 heavy (non-hydrogen) atoms. The zero-order valence-electron chi connectivity index (χ0n) is 26.4. The maximum absolute atomic E-state index is 6.55. The normalized spacial score (nSPS) is 11.9. The average molecular weight is 588 g/mol. The van der Waals surface area contributed by atoms with E-state index in [1.165, 1.54) is 139 Å². The predicted molar refractivity (Wildman–Crippen MR) is 175 cm³/mol. The van der Waals surface area contributed by atoms with Crippen molar-refractivity contribution in [3.05, 3.63) is 71.8 Å². The third-order valence-corrected chi connectivity index (χ3v) is 9.62. The van der Waals surface area contributed by atoms with Crippen molar-refractivity contribution >= 4 is 9.76 Å². The van der Waals surface area contributed by atoms with Gasteiger partial charge in [0.1, 0.15) is 0 Å². The van der Waals surface area contributed by atoms with Gasteiger partial charge in [0.25, 0.3) is 0 Å². The molecule has 0 heterocycles. The molecule has 0 aliphatic carbocycles. The number of hydrogen-bond acceptors (Lipinski definition) is 1. The van der Waals surface area contributed by atoms with Crippen LogP contribution in [-0.2, 0) is 4.43 Å². The van der Waals surface area contributed by atoms with Crippen molar-refractivity contribution in [1.29, 1.82) is 0 Å². The second-order valence-corrected chi connectivity index (χ2v) is 13.9. The van der Waals surface area contributed by atoms with Gasteiger partial charge in [-0.3, -0.25) is 0 Å². The first-order valence-electron chi connectivity index (χ1n) is 16.7. The van der Waals surface area contributed by atoms with Gasteiger partial charge in [0.2, 0.25) is 0 Å². The second kappa shape index (κ2) is 24.5. The van der Waals surface area contributed by atoms with E-state index in [0.29, 0.717) is 0 Å². The van der Waals surface area contributed by atoms with Crippen LogP contribution in [0.4, 0.5) is 0 Å². The van der Waals surface area contributed by atoms with Gasteiger partial charge in [-0.1, -0.05) is 157 Å². The smallest absolute Gasteiger partial charge is 0.163 e. The molecule has 2 aromatic carbocycles. The molecule has 0 fully saturated rings. The van der Waals surface area contributed by atoms with Crippen LogP contribution in [0.3, 0.4) is 0 Å². The molecule has 0 N–H and O–H groups in total. The van der Waals surface area contributed by atoms with Crippen molar-refractivity contribution < 1.29 is 21.3 Å². The molecule has 0 aliphatic rings. The molecule has 0 amide bonds. The maximum atomic E-state index is 6.55. The summed E-state index contributed by atoms with van der Waals surface area (Å²) in [6.45, 7) is 4.89. The van der Waals surface area contributed by atoms with Gasteiger partial charge in [0.05, 0.1) is 33.3 Å². The van der Waals surface area contributed by atoms with Gasteiger partial charge in [0, 0.05) is 0 Å². The zero-order chi connectivity index (χ0) is 27.9. The van der Waals surface area contributed by atoms with E-state index in [1.807, 2.05) is 0 Å². The number of unbranched alkanes of at least 4 members (excludes halogenated alkanes) is 15. The predicted octanol–water partition coefficient (Wildman–Crippen LogP) is 7.03. The molecule has 0 unspecified atom stereocenters. The summed E-state index contributed by atoms with van der Waals surface area (Å²) in [6.07, 6.45) is 24.5. The molecule has 0 atom stereocenters. The van der Waals surface area contributed by atoms with E-state index in [0.717, 1.165) is 4.48 Å². The number of halogens is 1. The van der Waals surface area contributed by atoms with Crippen LogP contribution in [0.1, 0.15) is 133 Å². The number of nitrogens with zero attached hydrogens (tertiary/aromatic N) is 1. The molecular weight excluding hydrogens is 526 g/mol. The van der Waals surface area contributed by atoms with E-state index in [9.17, 15) is 0 Å². The van der Waals surface area contributed by atoms with Crippen LogP contribution in [0.5, 0.6) is 0 Å². The molecule has 0 spiro atoms. The molecular formula is C36H62ClNOSi. The summed E-state index contributed by atoms with van der Waals surface area (Å²) >= 11 is 0. The molecule has 0 radical (unpaired) electrons. The SMILES string of the molecule is CCCCCCCCCCCCCCCCCC[N+](C)(C)CCC[SiH2]OC(c1ccccc1)c1ccccc1.[Cl-]. The van der Waals surface area contributed by atoms with Crippen LogP contribution < -0.4 is 12.4 Å². The number of hydrogen-bond donors (Lipinski definition) is 0. The lowest BCUT2D eigenvalue weighted by Crippen LogP contribution is -3.00. The summed E-state index contributed by atoms with van der Waals surface area (Å²) in [5, 5.41) is 0. The lowest BCUT2D eigenvalue weighted by molar-refractivity contribution is -0.890. The zero-order valence-corrected chi connectivity index (χ0v) is 28.6. The first-order chi connectivity index (χ1) is 19.1. The minimum Gasteiger partial charge on any atom is -1.00 e. The van der Waals surface area contributed by atoms with Gasteiger partial charge >= 0.3 is 0 Å². The summed E-state index contributed by atoms with van der Waals surface area (Å²) in [4.78, 5) is 0. The number of rotatable bonds is 25. The van der Waals surface area contributed by atoms with E-state index >= 15 is 0 Å². The van der Waals surface area contributed by atoms with Crippen LogP contribution >= 0.6 is 0 Å². The summed E-state index contributed by atoms with van der Waals surface area (Å²) in [5.74, 6) is 0. The van der Waals surface area contributed by atoms with Crippen molar-refractivity contribution in [3.8, 4) is 0 Å². The monoisotopic (exact) mass is 587 g/mol. The Morgan fingerprint density at radius 2 is 0.925 bits per heavy atom. The molecule has 2 aromatic rings. The molecule has 2 nitrogen and oxygen atoms in total. The minimum absolute atomic E-state index is 0. The minimum atomic E-state index is -0.551. The van der Waals surface area contributed by atoms with E-state index in [-0.39, 0.29) is 18.5 Å². The Kier molecular flexibility index (Phi) is 22.6. The highest BCUT2D eigenvalue weighted by molar-refractivity contribution is 6.27. The van der Waals surface area contributed by atoms with Crippen molar-refractivity contribution in [2.75, 3.05) is 27.2 Å². The van der Waals surface area contributed by atoms with E-state index in [1.54, 1.807) is 0 Å². The van der Waals surface area contributed by atoms with E-state index in [2.05, 4.69) is 81.7 Å². The standard InChI is InChI=1S/C36H62NOSi.ClH/c1-4-5-6-7-8-9-10-11-12-13-14-15-16-17-18-25-31-37(2,3)32-26-33-39-38-36(34-27-21-19-22-28-34)35-29-23-20-24-30-35;/h19-24,27-30,36H,4-18,25-26,31-33,39H2,1-3H3;1H/q+1;/p-1. The van der Waals surface area contributed by atoms with Crippen LogP contribution in [0.2, 0.25) is 6.04 Å². The molecule has 2 rings (SSSR count). The maximum Gasteiger partial charge on any atom is 0.163 e. The van der Waals surface area contributed by atoms with Gasteiger partial charge in [0.15, 0.2) is 9.76 Å².